The zero-order valence-electron chi connectivity index (χ0n) is 9.15. The van der Waals surface area contributed by atoms with Crippen molar-refractivity contribution in [3.63, 3.8) is 0 Å². The number of halogens is 5. The first-order valence-electron chi connectivity index (χ1n) is 4.96. The van der Waals surface area contributed by atoms with Crippen LogP contribution in [0.25, 0.3) is 0 Å². The molecule has 1 rings (SSSR count). The van der Waals surface area contributed by atoms with E-state index in [2.05, 4.69) is 16.6 Å². The molecule has 18 heavy (non-hydrogen) atoms. The van der Waals surface area contributed by atoms with Gasteiger partial charge in [0.2, 0.25) is 0 Å². The van der Waals surface area contributed by atoms with Crippen molar-refractivity contribution in [3.05, 3.63) is 29.6 Å². The number of rotatable bonds is 3. The highest BCUT2D eigenvalue weighted by atomic mass is 35.5. The minimum atomic E-state index is -4.45. The van der Waals surface area contributed by atoms with Crippen LogP contribution in [0.1, 0.15) is 12.0 Å². The lowest BCUT2D eigenvalue weighted by atomic mass is 10.2. The fourth-order valence-electron chi connectivity index (χ4n) is 1.06. The van der Waals surface area contributed by atoms with Crippen molar-refractivity contribution < 1.29 is 22.3 Å². The van der Waals surface area contributed by atoms with Crippen LogP contribution < -0.4 is 4.74 Å². The molecule has 1 aromatic carbocycles. The predicted octanol–water partition coefficient (Wildman–Crippen LogP) is 3.75. The van der Waals surface area contributed by atoms with Gasteiger partial charge in [0.25, 0.3) is 0 Å². The Kier molecular flexibility index (Phi) is 5.29. The zero-order chi connectivity index (χ0) is 13.6. The fourth-order valence-corrected chi connectivity index (χ4v) is 1.15. The average molecular weight is 281 g/mol. The highest BCUT2D eigenvalue weighted by molar-refractivity contribution is 6.18. The molecule has 0 radical (unpaired) electrons. The van der Waals surface area contributed by atoms with Gasteiger partial charge < -0.3 is 4.74 Å². The molecule has 0 saturated carbocycles. The van der Waals surface area contributed by atoms with Crippen LogP contribution in [0.3, 0.4) is 0 Å². The fraction of sp³-hybridized carbons (Fsp3) is 0.333. The van der Waals surface area contributed by atoms with E-state index in [1.54, 1.807) is 0 Å². The second kappa shape index (κ2) is 6.50. The monoisotopic (exact) mass is 280 g/mol. The second-order valence-electron chi connectivity index (χ2n) is 3.29. The lowest BCUT2D eigenvalue weighted by Crippen LogP contribution is -2.19. The van der Waals surface area contributed by atoms with Gasteiger partial charge in [0, 0.05) is 18.4 Å². The average Bonchev–Trinajstić information content (AvgIpc) is 2.28. The van der Waals surface area contributed by atoms with Crippen LogP contribution in [0, 0.1) is 17.7 Å². The molecular formula is C12H9ClF4O. The number of hydrogen-bond donors (Lipinski definition) is 0. The van der Waals surface area contributed by atoms with Crippen molar-refractivity contribution in [1.29, 1.82) is 0 Å². The van der Waals surface area contributed by atoms with Crippen molar-refractivity contribution in [2.75, 3.05) is 12.5 Å². The Balaban J connectivity index is 2.71. The van der Waals surface area contributed by atoms with E-state index in [9.17, 15) is 17.6 Å². The molecule has 0 atom stereocenters. The van der Waals surface area contributed by atoms with Crippen LogP contribution in [0.4, 0.5) is 17.6 Å². The first-order valence-corrected chi connectivity index (χ1v) is 5.50. The molecule has 98 valence electrons. The van der Waals surface area contributed by atoms with Gasteiger partial charge in [-0.25, -0.2) is 4.39 Å². The number of hydrogen-bond acceptors (Lipinski definition) is 1. The minimum Gasteiger partial charge on any atom is -0.484 e. The van der Waals surface area contributed by atoms with Gasteiger partial charge in [-0.2, -0.15) is 13.2 Å². The summed E-state index contributed by atoms with van der Waals surface area (Å²) in [7, 11) is 0. The van der Waals surface area contributed by atoms with Gasteiger partial charge in [-0.15, -0.1) is 11.6 Å². The Labute approximate surface area is 107 Å². The maximum Gasteiger partial charge on any atom is 0.422 e. The summed E-state index contributed by atoms with van der Waals surface area (Å²) in [5.41, 5.74) is 0.0967. The van der Waals surface area contributed by atoms with Gasteiger partial charge >= 0.3 is 6.18 Å². The van der Waals surface area contributed by atoms with Crippen molar-refractivity contribution in [1.82, 2.24) is 0 Å². The molecular weight excluding hydrogens is 272 g/mol. The lowest BCUT2D eigenvalue weighted by molar-refractivity contribution is -0.153. The summed E-state index contributed by atoms with van der Waals surface area (Å²) < 4.78 is 53.4. The molecule has 0 amide bonds. The maximum atomic E-state index is 13.4. The molecule has 0 aliphatic rings. The maximum absolute atomic E-state index is 13.4. The summed E-state index contributed by atoms with van der Waals surface area (Å²) in [5, 5.41) is 0. The third-order valence-corrected chi connectivity index (χ3v) is 1.97. The van der Waals surface area contributed by atoms with Crippen LogP contribution in [-0.2, 0) is 0 Å². The number of alkyl halides is 4. The first-order chi connectivity index (χ1) is 8.42. The zero-order valence-corrected chi connectivity index (χ0v) is 9.91. The lowest BCUT2D eigenvalue weighted by Gasteiger charge is -2.09. The summed E-state index contributed by atoms with van der Waals surface area (Å²) in [5.74, 6) is 4.57. The van der Waals surface area contributed by atoms with E-state index in [1.165, 1.54) is 12.1 Å². The Hall–Kier alpha value is -1.41. The van der Waals surface area contributed by atoms with Crippen LogP contribution in [-0.4, -0.2) is 18.7 Å². The SMILES string of the molecule is Fc1cc(OCC(F)(F)F)ccc1C#CCCCl. The number of benzene rings is 1. The molecule has 0 heterocycles. The summed E-state index contributed by atoms with van der Waals surface area (Å²) >= 11 is 5.39. The highest BCUT2D eigenvalue weighted by Gasteiger charge is 2.28. The largest absolute Gasteiger partial charge is 0.484 e. The molecule has 1 nitrogen and oxygen atoms in total. The molecule has 0 bridgehead atoms. The summed E-state index contributed by atoms with van der Waals surface area (Å²) in [6.07, 6.45) is -4.04. The van der Waals surface area contributed by atoms with Crippen molar-refractivity contribution in [3.8, 4) is 17.6 Å². The topological polar surface area (TPSA) is 9.23 Å². The Morgan fingerprint density at radius 3 is 2.56 bits per heavy atom. The normalized spacial score (nSPS) is 10.7. The third-order valence-electron chi connectivity index (χ3n) is 1.79. The molecule has 0 spiro atoms. The van der Waals surface area contributed by atoms with E-state index >= 15 is 0 Å². The van der Waals surface area contributed by atoms with Gasteiger partial charge in [-0.1, -0.05) is 11.8 Å². The molecule has 0 aliphatic carbocycles. The summed E-state index contributed by atoms with van der Waals surface area (Å²) in [6.45, 7) is -1.45. The molecule has 0 saturated heterocycles. The number of ether oxygens (including phenoxy) is 1. The van der Waals surface area contributed by atoms with Crippen LogP contribution >= 0.6 is 11.6 Å². The molecule has 0 aliphatic heterocycles. The molecule has 1 aromatic rings. The molecule has 0 N–H and O–H groups in total. The summed E-state index contributed by atoms with van der Waals surface area (Å²) in [4.78, 5) is 0. The first kappa shape index (κ1) is 14.7. The van der Waals surface area contributed by atoms with Crippen molar-refractivity contribution in [2.24, 2.45) is 0 Å². The van der Waals surface area contributed by atoms with E-state index in [0.29, 0.717) is 12.3 Å². The van der Waals surface area contributed by atoms with Crippen molar-refractivity contribution in [2.45, 2.75) is 12.6 Å². The van der Waals surface area contributed by atoms with Gasteiger partial charge in [-0.05, 0) is 12.1 Å². The molecule has 0 aromatic heterocycles. The van der Waals surface area contributed by atoms with Gasteiger partial charge in [0.1, 0.15) is 11.6 Å². The van der Waals surface area contributed by atoms with E-state index in [0.717, 1.165) is 6.07 Å². The second-order valence-corrected chi connectivity index (χ2v) is 3.66. The van der Waals surface area contributed by atoms with E-state index < -0.39 is 18.6 Å². The third kappa shape index (κ3) is 5.28. The summed E-state index contributed by atoms with van der Waals surface area (Å²) in [6, 6.07) is 3.37. The smallest absolute Gasteiger partial charge is 0.422 e. The molecule has 0 fully saturated rings. The molecule has 6 heteroatoms. The predicted molar refractivity (Wildman–Crippen MR) is 60.2 cm³/mol. The Bertz CT molecular complexity index is 459. The van der Waals surface area contributed by atoms with Gasteiger partial charge in [0.15, 0.2) is 6.61 Å². The Morgan fingerprint density at radius 2 is 2.00 bits per heavy atom. The molecule has 0 unspecified atom stereocenters. The van der Waals surface area contributed by atoms with Gasteiger partial charge in [-0.3, -0.25) is 0 Å². The van der Waals surface area contributed by atoms with Crippen molar-refractivity contribution >= 4 is 11.6 Å². The van der Waals surface area contributed by atoms with Gasteiger partial charge in [0.05, 0.1) is 5.56 Å². The highest BCUT2D eigenvalue weighted by Crippen LogP contribution is 2.20. The van der Waals surface area contributed by atoms with Crippen LogP contribution in [0.2, 0.25) is 0 Å². The quantitative estimate of drug-likeness (QED) is 0.465. The van der Waals surface area contributed by atoms with Crippen LogP contribution in [0.15, 0.2) is 18.2 Å². The van der Waals surface area contributed by atoms with E-state index in [1.807, 2.05) is 0 Å². The van der Waals surface area contributed by atoms with E-state index in [4.69, 9.17) is 11.6 Å². The Morgan fingerprint density at radius 1 is 1.28 bits per heavy atom. The minimum absolute atomic E-state index is 0.0967. The standard InChI is InChI=1S/C12H9ClF4O/c13-6-2-1-3-9-4-5-10(7-11(9)14)18-8-12(15,16)17/h4-5,7H,2,6,8H2. The van der Waals surface area contributed by atoms with E-state index in [-0.39, 0.29) is 11.3 Å². The van der Waals surface area contributed by atoms with Crippen LogP contribution in [0.5, 0.6) is 5.75 Å².